The number of nitrogens with zero attached hydrogens (tertiary/aromatic N) is 3. The number of piperazine rings is 1. The van der Waals surface area contributed by atoms with Gasteiger partial charge in [0.1, 0.15) is 11.6 Å². The number of aryl methyl sites for hydroxylation is 3. The summed E-state index contributed by atoms with van der Waals surface area (Å²) in [6.07, 6.45) is 0. The van der Waals surface area contributed by atoms with Crippen LogP contribution in [0.5, 0.6) is 0 Å². The van der Waals surface area contributed by atoms with Crippen molar-refractivity contribution in [2.45, 2.75) is 32.2 Å². The fraction of sp³-hybridized carbons (Fsp3) is 0.471. The third kappa shape index (κ3) is 3.61. The van der Waals surface area contributed by atoms with Gasteiger partial charge in [-0.3, -0.25) is 4.90 Å². The van der Waals surface area contributed by atoms with E-state index < -0.39 is 15.8 Å². The molecule has 136 valence electrons. The van der Waals surface area contributed by atoms with Crippen LogP contribution in [0, 0.1) is 26.6 Å². The minimum atomic E-state index is -3.60. The SMILES string of the molecule is Cc1cc(F)ccc1S(=O)(=O)N1CCN(Cc2c(C)noc2C)CC1. The molecule has 1 aliphatic heterocycles. The van der Waals surface area contributed by atoms with Crippen LogP contribution in [0.25, 0.3) is 0 Å². The van der Waals surface area contributed by atoms with Crippen LogP contribution in [-0.2, 0) is 16.6 Å². The monoisotopic (exact) mass is 367 g/mol. The molecule has 1 aliphatic rings. The quantitative estimate of drug-likeness (QED) is 0.829. The van der Waals surface area contributed by atoms with Crippen LogP contribution in [-0.4, -0.2) is 49.0 Å². The number of halogens is 1. The Morgan fingerprint density at radius 1 is 1.16 bits per heavy atom. The lowest BCUT2D eigenvalue weighted by molar-refractivity contribution is 0.180. The summed E-state index contributed by atoms with van der Waals surface area (Å²) in [5.41, 5.74) is 2.36. The van der Waals surface area contributed by atoms with Crippen LogP contribution < -0.4 is 0 Å². The van der Waals surface area contributed by atoms with Crippen molar-refractivity contribution >= 4 is 10.0 Å². The van der Waals surface area contributed by atoms with E-state index in [0.717, 1.165) is 17.0 Å². The molecule has 0 amide bonds. The summed E-state index contributed by atoms with van der Waals surface area (Å²) in [5.74, 6) is 0.371. The normalized spacial score (nSPS) is 17.1. The van der Waals surface area contributed by atoms with E-state index in [1.807, 2.05) is 13.8 Å². The maximum Gasteiger partial charge on any atom is 0.243 e. The van der Waals surface area contributed by atoms with Gasteiger partial charge >= 0.3 is 0 Å². The van der Waals surface area contributed by atoms with Gasteiger partial charge in [-0.1, -0.05) is 5.16 Å². The molecule has 0 N–H and O–H groups in total. The molecule has 2 heterocycles. The van der Waals surface area contributed by atoms with Gasteiger partial charge in [0.05, 0.1) is 10.6 Å². The highest BCUT2D eigenvalue weighted by atomic mass is 32.2. The minimum absolute atomic E-state index is 0.174. The average molecular weight is 367 g/mol. The maximum absolute atomic E-state index is 13.2. The lowest BCUT2D eigenvalue weighted by atomic mass is 10.2. The van der Waals surface area contributed by atoms with E-state index >= 15 is 0 Å². The number of sulfonamides is 1. The summed E-state index contributed by atoms with van der Waals surface area (Å²) in [6.45, 7) is 8.17. The van der Waals surface area contributed by atoms with E-state index in [1.165, 1.54) is 22.5 Å². The van der Waals surface area contributed by atoms with Gasteiger partial charge in [-0.2, -0.15) is 4.31 Å². The van der Waals surface area contributed by atoms with Crippen molar-refractivity contribution in [2.24, 2.45) is 0 Å². The van der Waals surface area contributed by atoms with Crippen LogP contribution in [0.3, 0.4) is 0 Å². The largest absolute Gasteiger partial charge is 0.361 e. The van der Waals surface area contributed by atoms with Gasteiger partial charge in [0.2, 0.25) is 10.0 Å². The molecular formula is C17H22FN3O3S. The highest BCUT2D eigenvalue weighted by Crippen LogP contribution is 2.23. The van der Waals surface area contributed by atoms with Gasteiger partial charge in [-0.25, -0.2) is 12.8 Å². The second-order valence-corrected chi connectivity index (χ2v) is 8.30. The molecule has 8 heteroatoms. The zero-order chi connectivity index (χ0) is 18.2. The lowest BCUT2D eigenvalue weighted by Gasteiger charge is -2.34. The first-order valence-corrected chi connectivity index (χ1v) is 9.63. The van der Waals surface area contributed by atoms with Gasteiger partial charge in [0.25, 0.3) is 0 Å². The predicted molar refractivity (Wildman–Crippen MR) is 91.1 cm³/mol. The summed E-state index contributed by atoms with van der Waals surface area (Å²) in [5, 5.41) is 3.95. The van der Waals surface area contributed by atoms with Gasteiger partial charge < -0.3 is 4.52 Å². The first-order valence-electron chi connectivity index (χ1n) is 8.19. The average Bonchev–Trinajstić information content (AvgIpc) is 2.87. The number of rotatable bonds is 4. The minimum Gasteiger partial charge on any atom is -0.361 e. The molecule has 0 saturated carbocycles. The Bertz CT molecular complexity index is 852. The van der Waals surface area contributed by atoms with Crippen LogP contribution in [0.1, 0.15) is 22.6 Å². The number of hydrogen-bond donors (Lipinski definition) is 0. The van der Waals surface area contributed by atoms with E-state index in [9.17, 15) is 12.8 Å². The highest BCUT2D eigenvalue weighted by molar-refractivity contribution is 7.89. The van der Waals surface area contributed by atoms with Gasteiger partial charge in [-0.05, 0) is 44.5 Å². The zero-order valence-corrected chi connectivity index (χ0v) is 15.4. The smallest absolute Gasteiger partial charge is 0.243 e. The third-order valence-electron chi connectivity index (χ3n) is 4.65. The molecule has 1 aromatic carbocycles. The Hall–Kier alpha value is -1.77. The van der Waals surface area contributed by atoms with E-state index in [2.05, 4.69) is 10.1 Å². The predicted octanol–water partition coefficient (Wildman–Crippen LogP) is 2.25. The molecule has 1 aromatic heterocycles. The fourth-order valence-corrected chi connectivity index (χ4v) is 4.75. The molecule has 2 aromatic rings. The standard InChI is InChI=1S/C17H22FN3O3S/c1-12-10-15(18)4-5-17(12)25(22,23)21-8-6-20(7-9-21)11-16-13(2)19-24-14(16)3/h4-5,10H,6-9,11H2,1-3H3. The Balaban J connectivity index is 1.69. The first-order chi connectivity index (χ1) is 11.8. The van der Waals surface area contributed by atoms with E-state index in [1.54, 1.807) is 6.92 Å². The van der Waals surface area contributed by atoms with Crippen molar-refractivity contribution < 1.29 is 17.3 Å². The molecule has 6 nitrogen and oxygen atoms in total. The number of benzene rings is 1. The van der Waals surface area contributed by atoms with Crippen molar-refractivity contribution in [3.8, 4) is 0 Å². The second-order valence-electron chi connectivity index (χ2n) is 6.39. The van der Waals surface area contributed by atoms with Crippen molar-refractivity contribution in [1.82, 2.24) is 14.4 Å². The second kappa shape index (κ2) is 6.86. The zero-order valence-electron chi connectivity index (χ0n) is 14.6. The van der Waals surface area contributed by atoms with Gasteiger partial charge in [-0.15, -0.1) is 0 Å². The van der Waals surface area contributed by atoms with Crippen molar-refractivity contribution in [3.63, 3.8) is 0 Å². The summed E-state index contributed by atoms with van der Waals surface area (Å²) >= 11 is 0. The van der Waals surface area contributed by atoms with E-state index in [-0.39, 0.29) is 4.90 Å². The highest BCUT2D eigenvalue weighted by Gasteiger charge is 2.30. The van der Waals surface area contributed by atoms with Gasteiger partial charge in [0.15, 0.2) is 0 Å². The van der Waals surface area contributed by atoms with Crippen molar-refractivity contribution in [1.29, 1.82) is 0 Å². The van der Waals surface area contributed by atoms with Crippen LogP contribution in [0.2, 0.25) is 0 Å². The van der Waals surface area contributed by atoms with E-state index in [0.29, 0.717) is 38.3 Å². The molecule has 3 rings (SSSR count). The molecule has 1 fully saturated rings. The first kappa shape index (κ1) is 18.0. The topological polar surface area (TPSA) is 66.7 Å². The molecule has 0 aliphatic carbocycles. The number of hydrogen-bond acceptors (Lipinski definition) is 5. The Morgan fingerprint density at radius 2 is 1.84 bits per heavy atom. The fourth-order valence-electron chi connectivity index (χ4n) is 3.12. The van der Waals surface area contributed by atoms with Crippen molar-refractivity contribution in [2.75, 3.05) is 26.2 Å². The lowest BCUT2D eigenvalue weighted by Crippen LogP contribution is -2.48. The van der Waals surface area contributed by atoms with Crippen LogP contribution in [0.4, 0.5) is 4.39 Å². The summed E-state index contributed by atoms with van der Waals surface area (Å²) in [4.78, 5) is 2.36. The Morgan fingerprint density at radius 3 is 2.40 bits per heavy atom. The van der Waals surface area contributed by atoms with Gasteiger partial charge in [0, 0.05) is 38.3 Å². The molecule has 1 saturated heterocycles. The molecule has 25 heavy (non-hydrogen) atoms. The number of aromatic nitrogens is 1. The summed E-state index contributed by atoms with van der Waals surface area (Å²) in [6, 6.07) is 3.78. The molecule has 0 spiro atoms. The van der Waals surface area contributed by atoms with Crippen LogP contribution in [0.15, 0.2) is 27.6 Å². The van der Waals surface area contributed by atoms with E-state index in [4.69, 9.17) is 4.52 Å². The molecular weight excluding hydrogens is 345 g/mol. The summed E-state index contributed by atoms with van der Waals surface area (Å²) < 4.78 is 45.5. The molecule has 0 bridgehead atoms. The maximum atomic E-state index is 13.2. The van der Waals surface area contributed by atoms with Crippen LogP contribution >= 0.6 is 0 Å². The Labute approximate surface area is 147 Å². The third-order valence-corrected chi connectivity index (χ3v) is 6.71. The molecule has 0 unspecified atom stereocenters. The van der Waals surface area contributed by atoms with Crippen molar-refractivity contribution in [3.05, 3.63) is 46.6 Å². The Kier molecular flexibility index (Phi) is 4.95. The molecule has 0 radical (unpaired) electrons. The molecule has 0 atom stereocenters. The summed E-state index contributed by atoms with van der Waals surface area (Å²) in [7, 11) is -3.60.